The van der Waals surface area contributed by atoms with Crippen molar-refractivity contribution >= 4 is 51.3 Å². The summed E-state index contributed by atoms with van der Waals surface area (Å²) in [5, 5.41) is 5.12. The minimum Gasteiger partial charge on any atom is -0.386 e. The van der Waals surface area contributed by atoms with Crippen molar-refractivity contribution in [1.29, 1.82) is 0 Å². The summed E-state index contributed by atoms with van der Waals surface area (Å²) in [5.74, 6) is -0.0376. The van der Waals surface area contributed by atoms with E-state index in [2.05, 4.69) is 15.3 Å². The number of hydrogen-bond donors (Lipinski definition) is 2. The zero-order valence-electron chi connectivity index (χ0n) is 15.0. The molecule has 144 valence electrons. The lowest BCUT2D eigenvalue weighted by Crippen LogP contribution is -2.38. The number of ether oxygens (including phenoxy) is 1. The number of anilines is 2. The van der Waals surface area contributed by atoms with E-state index in [1.165, 1.54) is 6.07 Å². The number of halogens is 3. The third-order valence-electron chi connectivity index (χ3n) is 4.56. The van der Waals surface area contributed by atoms with E-state index in [0.717, 1.165) is 5.39 Å². The molecule has 0 bridgehead atoms. The van der Waals surface area contributed by atoms with Gasteiger partial charge in [-0.05, 0) is 43.3 Å². The molecule has 0 saturated heterocycles. The lowest BCUT2D eigenvalue weighted by Gasteiger charge is -2.30. The third kappa shape index (κ3) is 3.63. The molecule has 2 heterocycles. The van der Waals surface area contributed by atoms with Crippen LogP contribution < -0.4 is 11.1 Å². The average molecular weight is 419 g/mol. The maximum absolute atomic E-state index is 14.6. The van der Waals surface area contributed by atoms with Crippen LogP contribution >= 0.6 is 23.2 Å². The van der Waals surface area contributed by atoms with E-state index in [1.807, 2.05) is 0 Å². The summed E-state index contributed by atoms with van der Waals surface area (Å²) in [4.78, 5) is 8.81. The molecule has 28 heavy (non-hydrogen) atoms. The van der Waals surface area contributed by atoms with Crippen LogP contribution in [0.3, 0.4) is 0 Å². The molecular formula is C20H17Cl2FN4O. The van der Waals surface area contributed by atoms with Gasteiger partial charge in [0.2, 0.25) is 0 Å². The van der Waals surface area contributed by atoms with Crippen LogP contribution in [-0.2, 0) is 10.3 Å². The first kappa shape index (κ1) is 18.9. The first-order valence-electron chi connectivity index (χ1n) is 8.58. The molecule has 0 radical (unpaired) electrons. The fourth-order valence-corrected chi connectivity index (χ4v) is 3.72. The van der Waals surface area contributed by atoms with Gasteiger partial charge in [0, 0.05) is 27.9 Å². The summed E-state index contributed by atoms with van der Waals surface area (Å²) >= 11 is 12.3. The van der Waals surface area contributed by atoms with Gasteiger partial charge in [0.15, 0.2) is 0 Å². The quantitative estimate of drug-likeness (QED) is 0.625. The Labute approximate surface area is 171 Å². The monoisotopic (exact) mass is 418 g/mol. The van der Waals surface area contributed by atoms with E-state index in [0.29, 0.717) is 38.3 Å². The third-order valence-corrected chi connectivity index (χ3v) is 4.99. The van der Waals surface area contributed by atoms with E-state index in [9.17, 15) is 4.39 Å². The second-order valence-corrected chi connectivity index (χ2v) is 7.74. The number of pyridine rings is 1. The minimum absolute atomic E-state index is 0.244. The number of aromatic nitrogens is 1. The van der Waals surface area contributed by atoms with Crippen LogP contribution in [0.15, 0.2) is 47.6 Å². The molecule has 0 saturated carbocycles. The summed E-state index contributed by atoms with van der Waals surface area (Å²) in [6, 6.07) is 10.1. The van der Waals surface area contributed by atoms with Crippen molar-refractivity contribution in [3.05, 3.63) is 64.0 Å². The summed E-state index contributed by atoms with van der Waals surface area (Å²) < 4.78 is 20.1. The Morgan fingerprint density at radius 1 is 1.18 bits per heavy atom. The highest BCUT2D eigenvalue weighted by Crippen LogP contribution is 2.35. The highest BCUT2D eigenvalue weighted by atomic mass is 35.5. The van der Waals surface area contributed by atoms with Crippen molar-refractivity contribution in [2.45, 2.75) is 12.5 Å². The van der Waals surface area contributed by atoms with Gasteiger partial charge in [-0.1, -0.05) is 23.2 Å². The molecule has 1 atom stereocenters. The normalized spacial score (nSPS) is 19.5. The van der Waals surface area contributed by atoms with Crippen LogP contribution in [0, 0.1) is 5.82 Å². The van der Waals surface area contributed by atoms with Crippen LogP contribution in [0.1, 0.15) is 12.5 Å². The zero-order valence-corrected chi connectivity index (χ0v) is 16.5. The molecule has 5 nitrogen and oxygen atoms in total. The fourth-order valence-electron chi connectivity index (χ4n) is 3.33. The number of hydrogen-bond acceptors (Lipinski definition) is 5. The number of rotatable bonds is 3. The lowest BCUT2D eigenvalue weighted by atomic mass is 9.91. The topological polar surface area (TPSA) is 72.5 Å². The predicted molar refractivity (Wildman–Crippen MR) is 111 cm³/mol. The molecule has 0 spiro atoms. The molecule has 8 heteroatoms. The number of amidine groups is 1. The van der Waals surface area contributed by atoms with Gasteiger partial charge < -0.3 is 15.8 Å². The van der Waals surface area contributed by atoms with E-state index < -0.39 is 5.54 Å². The fraction of sp³-hybridized carbons (Fsp3) is 0.200. The molecular weight excluding hydrogens is 402 g/mol. The molecule has 1 aliphatic heterocycles. The number of benzene rings is 2. The van der Waals surface area contributed by atoms with Crippen molar-refractivity contribution in [3.8, 4) is 0 Å². The van der Waals surface area contributed by atoms with Crippen LogP contribution in [-0.4, -0.2) is 24.0 Å². The van der Waals surface area contributed by atoms with Gasteiger partial charge in [-0.2, -0.15) is 0 Å². The summed E-state index contributed by atoms with van der Waals surface area (Å²) in [6.45, 7) is 2.28. The van der Waals surface area contributed by atoms with Gasteiger partial charge in [0.05, 0.1) is 22.8 Å². The summed E-state index contributed by atoms with van der Waals surface area (Å²) in [6.07, 6.45) is 1.57. The Balaban J connectivity index is 1.76. The van der Waals surface area contributed by atoms with Crippen LogP contribution in [0.25, 0.3) is 10.9 Å². The first-order chi connectivity index (χ1) is 13.3. The van der Waals surface area contributed by atoms with Gasteiger partial charge in [-0.3, -0.25) is 9.98 Å². The smallest absolute Gasteiger partial charge is 0.129 e. The van der Waals surface area contributed by atoms with Gasteiger partial charge in [0.25, 0.3) is 0 Å². The first-order valence-corrected chi connectivity index (χ1v) is 9.33. The highest BCUT2D eigenvalue weighted by Gasteiger charge is 2.32. The minimum atomic E-state index is -0.897. The van der Waals surface area contributed by atoms with Crippen molar-refractivity contribution < 1.29 is 9.13 Å². The van der Waals surface area contributed by atoms with Crippen LogP contribution in [0.5, 0.6) is 0 Å². The number of nitrogens with zero attached hydrogens (tertiary/aromatic N) is 2. The van der Waals surface area contributed by atoms with Crippen molar-refractivity contribution in [2.24, 2.45) is 10.7 Å². The van der Waals surface area contributed by atoms with Crippen LogP contribution in [0.2, 0.25) is 10.0 Å². The number of nitrogens with one attached hydrogen (secondary N) is 1. The number of fused-ring (bicyclic) bond motifs is 1. The van der Waals surface area contributed by atoms with Gasteiger partial charge in [0.1, 0.15) is 23.8 Å². The molecule has 2 aromatic carbocycles. The van der Waals surface area contributed by atoms with Crippen molar-refractivity contribution in [2.75, 3.05) is 18.5 Å². The Kier molecular flexibility index (Phi) is 4.87. The van der Waals surface area contributed by atoms with Crippen molar-refractivity contribution in [3.63, 3.8) is 0 Å². The van der Waals surface area contributed by atoms with E-state index in [4.69, 9.17) is 33.7 Å². The van der Waals surface area contributed by atoms with E-state index in [1.54, 1.807) is 43.5 Å². The van der Waals surface area contributed by atoms with Gasteiger partial charge in [-0.15, -0.1) is 0 Å². The molecule has 0 fully saturated rings. The summed E-state index contributed by atoms with van der Waals surface area (Å²) in [5.41, 5.74) is 7.35. The van der Waals surface area contributed by atoms with Crippen molar-refractivity contribution in [1.82, 2.24) is 4.98 Å². The highest BCUT2D eigenvalue weighted by molar-refractivity contribution is 6.33. The Bertz CT molecular complexity index is 1100. The standard InChI is InChI=1S/C20H17Cl2FN4O/c1-20(10-28-9-18(24)27-20)15-7-14(2-3-16(15)23)26-17-6-12(21)4-11-5-13(22)8-25-19(11)17/h2-8,26H,9-10H2,1H3,(H2,24,27). The van der Waals surface area contributed by atoms with E-state index in [-0.39, 0.29) is 19.0 Å². The Hall–Kier alpha value is -2.41. The number of aliphatic imine (C=N–C) groups is 1. The maximum Gasteiger partial charge on any atom is 0.129 e. The molecule has 1 unspecified atom stereocenters. The second kappa shape index (κ2) is 7.20. The SMILES string of the molecule is CC1(c2cc(Nc3cc(Cl)cc4cc(Cl)cnc34)ccc2F)COCC(N)=N1. The molecule has 0 amide bonds. The van der Waals surface area contributed by atoms with E-state index >= 15 is 0 Å². The number of nitrogens with two attached hydrogens (primary N) is 1. The molecule has 0 aliphatic carbocycles. The Morgan fingerprint density at radius 2 is 1.96 bits per heavy atom. The molecule has 1 aliphatic rings. The molecule has 3 aromatic rings. The zero-order chi connectivity index (χ0) is 19.9. The summed E-state index contributed by atoms with van der Waals surface area (Å²) in [7, 11) is 0. The second-order valence-electron chi connectivity index (χ2n) is 6.87. The molecule has 1 aromatic heterocycles. The molecule has 4 rings (SSSR count). The van der Waals surface area contributed by atoms with Gasteiger partial charge in [-0.25, -0.2) is 4.39 Å². The lowest BCUT2D eigenvalue weighted by molar-refractivity contribution is 0.104. The Morgan fingerprint density at radius 3 is 2.75 bits per heavy atom. The average Bonchev–Trinajstić information content (AvgIpc) is 2.62. The maximum atomic E-state index is 14.6. The van der Waals surface area contributed by atoms with Gasteiger partial charge >= 0.3 is 0 Å². The predicted octanol–water partition coefficient (Wildman–Crippen LogP) is 5.03. The van der Waals surface area contributed by atoms with Crippen LogP contribution in [0.4, 0.5) is 15.8 Å². The molecule has 3 N–H and O–H groups in total. The largest absolute Gasteiger partial charge is 0.386 e.